The third kappa shape index (κ3) is 10.4. The molecule has 4 aliphatic heterocycles. The molecule has 2 aromatic heterocycles. The van der Waals surface area contributed by atoms with E-state index in [1.165, 1.54) is 48.3 Å². The van der Waals surface area contributed by atoms with Crippen molar-refractivity contribution < 1.29 is 54.5 Å². The van der Waals surface area contributed by atoms with E-state index in [0.29, 0.717) is 21.4 Å². The smallest absolute Gasteiger partial charge is 0.414 e. The minimum atomic E-state index is -4.58. The number of alkyl halides is 5. The summed E-state index contributed by atoms with van der Waals surface area (Å²) in [6.45, 7) is -1.36. The molecule has 13 nitrogen and oxygen atoms in total. The summed E-state index contributed by atoms with van der Waals surface area (Å²) >= 11 is 8.37. The van der Waals surface area contributed by atoms with Crippen molar-refractivity contribution in [1.82, 2.24) is 9.97 Å². The second-order valence-corrected chi connectivity index (χ2v) is 17.6. The third-order valence-corrected chi connectivity index (χ3v) is 13.1. The summed E-state index contributed by atoms with van der Waals surface area (Å²) in [5.74, 6) is -2.27. The number of amides is 2. The van der Waals surface area contributed by atoms with Gasteiger partial charge in [0.15, 0.2) is 16.4 Å². The molecule has 4 aliphatic rings. The number of pyridine rings is 2. The Balaban J connectivity index is 0.000000195. The lowest BCUT2D eigenvalue weighted by atomic mass is 9.74. The van der Waals surface area contributed by atoms with E-state index in [0.717, 1.165) is 48.3 Å². The van der Waals surface area contributed by atoms with Gasteiger partial charge in [-0.2, -0.15) is 22.0 Å². The fraction of sp³-hybridized carbons (Fsp3) is 0.366. The van der Waals surface area contributed by atoms with Crippen molar-refractivity contribution in [2.45, 2.75) is 55.8 Å². The van der Waals surface area contributed by atoms with Gasteiger partial charge in [0.2, 0.25) is 0 Å². The molecule has 23 heteroatoms. The maximum Gasteiger partial charge on any atom is 0.414 e. The molecule has 2 saturated heterocycles. The Kier molecular flexibility index (Phi) is 14.0. The van der Waals surface area contributed by atoms with Gasteiger partial charge in [-0.25, -0.2) is 28.7 Å². The number of rotatable bonds is 8. The Morgan fingerprint density at radius 2 is 1.31 bits per heavy atom. The van der Waals surface area contributed by atoms with Crippen LogP contribution in [0.5, 0.6) is 5.75 Å². The van der Waals surface area contributed by atoms with Crippen LogP contribution in [0.25, 0.3) is 0 Å². The third-order valence-electron chi connectivity index (χ3n) is 10.9. The number of nitrogens with zero attached hydrogens (tertiary/aromatic N) is 4. The first kappa shape index (κ1) is 46.8. The van der Waals surface area contributed by atoms with Gasteiger partial charge in [0.25, 0.3) is 11.8 Å². The minimum Gasteiger partial charge on any atom is -0.433 e. The minimum absolute atomic E-state index is 0.0715. The number of fused-ring (bicyclic) bond motifs is 2. The number of nitrogens with two attached hydrogens (primary N) is 2. The maximum atomic E-state index is 15.0. The summed E-state index contributed by atoms with van der Waals surface area (Å²) < 4.78 is 109. The number of halogens is 8. The van der Waals surface area contributed by atoms with Gasteiger partial charge in [-0.3, -0.25) is 9.59 Å². The van der Waals surface area contributed by atoms with Gasteiger partial charge < -0.3 is 36.3 Å². The van der Waals surface area contributed by atoms with Crippen molar-refractivity contribution in [2.24, 2.45) is 33.3 Å². The predicted octanol–water partition coefficient (Wildman–Crippen LogP) is 8.11. The first-order chi connectivity index (χ1) is 30.3. The second-order valence-electron chi connectivity index (χ2n) is 15.1. The van der Waals surface area contributed by atoms with Crippen LogP contribution in [-0.2, 0) is 20.6 Å². The molecule has 2 amide bonds. The summed E-state index contributed by atoms with van der Waals surface area (Å²) in [6, 6.07) is 13.4. The number of hydrogen-bond acceptors (Lipinski definition) is 13. The molecule has 340 valence electrons. The van der Waals surface area contributed by atoms with E-state index in [-0.39, 0.29) is 57.9 Å². The van der Waals surface area contributed by atoms with Gasteiger partial charge >= 0.3 is 12.8 Å². The normalized spacial score (nSPS) is 25.3. The first-order valence-corrected chi connectivity index (χ1v) is 21.7. The Hall–Kier alpha value is -5.16. The van der Waals surface area contributed by atoms with E-state index in [4.69, 9.17) is 32.5 Å². The fourth-order valence-corrected chi connectivity index (χ4v) is 9.94. The molecule has 2 aromatic carbocycles. The molecule has 6 N–H and O–H groups in total. The molecule has 2 fully saturated rings. The highest BCUT2D eigenvalue weighted by Crippen LogP contribution is 2.50. The van der Waals surface area contributed by atoms with Crippen molar-refractivity contribution in [3.63, 3.8) is 0 Å². The molecule has 0 spiro atoms. The number of thioether (sulfide) groups is 2. The highest BCUT2D eigenvalue weighted by atomic mass is 35.5. The predicted molar refractivity (Wildman–Crippen MR) is 228 cm³/mol. The summed E-state index contributed by atoms with van der Waals surface area (Å²) in [4.78, 5) is 41.8. The SMILES string of the molecule is C[C@H]1C[C@H]2CSC(N)=N[C@@]2(c2cc(NC(=O)c3ccc(Cl)cn3)ccc2F)CO1.NC1=N[C@@]2(c3cc(NC(=O)c4ccc(OC(F)F)cn4)ccc3F)CO[C@@H](C(F)(F)F)C[C@H]2CS1. The van der Waals surface area contributed by atoms with Gasteiger partial charge in [0.1, 0.15) is 39.8 Å². The number of amidine groups is 2. The van der Waals surface area contributed by atoms with E-state index >= 15 is 0 Å². The molecule has 6 atom stereocenters. The summed E-state index contributed by atoms with van der Waals surface area (Å²) in [5.41, 5.74) is 10.4. The highest BCUT2D eigenvalue weighted by molar-refractivity contribution is 8.14. The standard InChI is InChI=1S/C21H18F6N4O3S.C20H20ClFN4O2S/c22-14-3-1-11(30-17(32)15-4-2-12(7-29-15)34-18(23)24)6-13(14)20-9-33-16(21(25,26)27)5-10(20)8-35-19(28)31-20;1-11-6-12-9-29-19(23)26-20(12,10-28-11)15-7-14(3-4-16(15)22)25-18(27)17-5-2-13(21)8-24-17/h1-4,6-7,10,16,18H,5,8-9H2,(H2,28,31)(H,30,32);2-5,7-8,11-12H,6,9-10H2,1H3,(H2,23,26)(H,25,27)/t10-,16+,20-;11-,12-,20-/m00/s1. The number of aromatic nitrogens is 2. The second kappa shape index (κ2) is 19.1. The largest absolute Gasteiger partial charge is 0.433 e. The van der Waals surface area contributed by atoms with Crippen LogP contribution in [0.2, 0.25) is 5.02 Å². The van der Waals surface area contributed by atoms with Gasteiger partial charge in [-0.15, -0.1) is 0 Å². The fourth-order valence-electron chi connectivity index (χ4n) is 7.81. The number of aliphatic imine (C=N–C) groups is 2. The van der Waals surface area contributed by atoms with Crippen LogP contribution in [0, 0.1) is 23.5 Å². The van der Waals surface area contributed by atoms with E-state index < -0.39 is 72.4 Å². The molecule has 0 unspecified atom stereocenters. The molecule has 0 aliphatic carbocycles. The van der Waals surface area contributed by atoms with Crippen LogP contribution in [0.4, 0.5) is 42.1 Å². The lowest BCUT2D eigenvalue weighted by Crippen LogP contribution is -2.53. The number of benzene rings is 2. The highest BCUT2D eigenvalue weighted by Gasteiger charge is 2.55. The quantitative estimate of drug-likeness (QED) is 0.125. The number of nitrogens with one attached hydrogen (secondary N) is 2. The summed E-state index contributed by atoms with van der Waals surface area (Å²) in [5, 5.41) is 6.19. The van der Waals surface area contributed by atoms with Gasteiger partial charge in [0.05, 0.1) is 30.5 Å². The maximum absolute atomic E-state index is 15.0. The molecule has 4 aromatic rings. The summed E-state index contributed by atoms with van der Waals surface area (Å²) in [6.07, 6.45) is -3.85. The zero-order chi connectivity index (χ0) is 46.0. The van der Waals surface area contributed by atoms with E-state index in [1.807, 2.05) is 6.92 Å². The van der Waals surface area contributed by atoms with Crippen LogP contribution in [0.3, 0.4) is 0 Å². The monoisotopic (exact) mass is 954 g/mol. The van der Waals surface area contributed by atoms with E-state index in [2.05, 4.69) is 35.3 Å². The Labute approximate surface area is 374 Å². The number of carbonyl (C=O) groups is 2. The van der Waals surface area contributed by atoms with Crippen LogP contribution < -0.4 is 26.8 Å². The van der Waals surface area contributed by atoms with E-state index in [1.54, 1.807) is 12.1 Å². The van der Waals surface area contributed by atoms with E-state index in [9.17, 15) is 40.3 Å². The summed E-state index contributed by atoms with van der Waals surface area (Å²) in [7, 11) is 0. The number of hydrogen-bond donors (Lipinski definition) is 4. The van der Waals surface area contributed by atoms with Gasteiger partial charge in [0, 0.05) is 52.0 Å². The number of ether oxygens (including phenoxy) is 3. The van der Waals surface area contributed by atoms with Crippen molar-refractivity contribution >= 4 is 68.6 Å². The zero-order valence-electron chi connectivity index (χ0n) is 33.4. The lowest BCUT2D eigenvalue weighted by molar-refractivity contribution is -0.245. The molecular weight excluding hydrogens is 917 g/mol. The average molecular weight is 955 g/mol. The van der Waals surface area contributed by atoms with Crippen LogP contribution >= 0.6 is 35.1 Å². The Morgan fingerprint density at radius 3 is 1.80 bits per heavy atom. The first-order valence-electron chi connectivity index (χ1n) is 19.4. The topological polar surface area (TPSA) is 188 Å². The van der Waals surface area contributed by atoms with Gasteiger partial charge in [-0.1, -0.05) is 35.1 Å². The molecule has 64 heavy (non-hydrogen) atoms. The molecule has 0 bridgehead atoms. The number of carbonyl (C=O) groups excluding carboxylic acids is 2. The van der Waals surface area contributed by atoms with Crippen molar-refractivity contribution in [2.75, 3.05) is 35.4 Å². The van der Waals surface area contributed by atoms with Crippen LogP contribution in [0.1, 0.15) is 51.9 Å². The van der Waals surface area contributed by atoms with Gasteiger partial charge in [-0.05, 0) is 80.4 Å². The molecule has 8 rings (SSSR count). The average Bonchev–Trinajstić information content (AvgIpc) is 3.25. The molecule has 0 saturated carbocycles. The van der Waals surface area contributed by atoms with Crippen molar-refractivity contribution in [1.29, 1.82) is 0 Å². The molecule has 6 heterocycles. The molecular formula is C41H38ClF7N8O5S2. The Morgan fingerprint density at radius 1 is 0.797 bits per heavy atom. The van der Waals surface area contributed by atoms with Crippen molar-refractivity contribution in [3.05, 3.63) is 112 Å². The Bertz CT molecular complexity index is 2440. The van der Waals surface area contributed by atoms with Crippen molar-refractivity contribution in [3.8, 4) is 5.75 Å². The molecule has 0 radical (unpaired) electrons. The zero-order valence-corrected chi connectivity index (χ0v) is 35.8. The lowest BCUT2D eigenvalue weighted by Gasteiger charge is -2.46. The van der Waals surface area contributed by atoms with Crippen LogP contribution in [0.15, 0.2) is 83.0 Å². The van der Waals surface area contributed by atoms with Crippen LogP contribution in [-0.4, -0.2) is 81.8 Å². The number of anilines is 2.